The van der Waals surface area contributed by atoms with Crippen molar-refractivity contribution >= 4 is 0 Å². The molecule has 0 aromatic heterocycles. The summed E-state index contributed by atoms with van der Waals surface area (Å²) in [6.07, 6.45) is 0.893. The van der Waals surface area contributed by atoms with Crippen LogP contribution in [0.5, 0.6) is 5.75 Å². The van der Waals surface area contributed by atoms with Gasteiger partial charge in [-0.1, -0.05) is 23.3 Å². The Kier molecular flexibility index (Phi) is 7.23. The third-order valence-corrected chi connectivity index (χ3v) is 2.80. The molecule has 1 aromatic carbocycles. The Morgan fingerprint density at radius 2 is 2.11 bits per heavy atom. The first-order valence-electron chi connectivity index (χ1n) is 6.70. The number of hydrogen-bond donors (Lipinski definition) is 1. The van der Waals surface area contributed by atoms with Crippen molar-refractivity contribution in [3.8, 4) is 5.75 Å². The Labute approximate surface area is 116 Å². The molecule has 0 amide bonds. The minimum absolute atomic E-state index is 0.684. The SMILES string of the molecule is C=C(C)CCOc1ccc(C)cc1CNCCOC. The Morgan fingerprint density at radius 3 is 2.79 bits per heavy atom. The molecule has 0 atom stereocenters. The maximum Gasteiger partial charge on any atom is 0.123 e. The molecule has 3 heteroatoms. The van der Waals surface area contributed by atoms with Crippen LogP contribution in [0.3, 0.4) is 0 Å². The fourth-order valence-corrected chi connectivity index (χ4v) is 1.72. The standard InChI is InChI=1S/C16H25NO2/c1-13(2)7-9-19-16-6-5-14(3)11-15(16)12-17-8-10-18-4/h5-6,11,17H,1,7-10,12H2,2-4H3. The third-order valence-electron chi connectivity index (χ3n) is 2.80. The number of benzene rings is 1. The highest BCUT2D eigenvalue weighted by atomic mass is 16.5. The van der Waals surface area contributed by atoms with Crippen molar-refractivity contribution in [3.63, 3.8) is 0 Å². The van der Waals surface area contributed by atoms with E-state index in [9.17, 15) is 0 Å². The van der Waals surface area contributed by atoms with E-state index in [1.54, 1.807) is 7.11 Å². The van der Waals surface area contributed by atoms with Crippen molar-refractivity contribution in [1.82, 2.24) is 5.32 Å². The van der Waals surface area contributed by atoms with Gasteiger partial charge in [0, 0.05) is 32.2 Å². The molecule has 3 nitrogen and oxygen atoms in total. The fourth-order valence-electron chi connectivity index (χ4n) is 1.72. The molecule has 0 spiro atoms. The average molecular weight is 263 g/mol. The van der Waals surface area contributed by atoms with Crippen LogP contribution in [0.2, 0.25) is 0 Å². The van der Waals surface area contributed by atoms with Gasteiger partial charge < -0.3 is 14.8 Å². The molecule has 0 aliphatic rings. The molecule has 0 saturated heterocycles. The predicted molar refractivity (Wildman–Crippen MR) is 79.7 cm³/mol. The second kappa shape index (κ2) is 8.73. The largest absolute Gasteiger partial charge is 0.493 e. The number of ether oxygens (including phenoxy) is 2. The van der Waals surface area contributed by atoms with Gasteiger partial charge in [0.25, 0.3) is 0 Å². The molecule has 106 valence electrons. The van der Waals surface area contributed by atoms with Crippen molar-refractivity contribution in [3.05, 3.63) is 41.5 Å². The summed E-state index contributed by atoms with van der Waals surface area (Å²) in [5.41, 5.74) is 3.58. The molecule has 0 bridgehead atoms. The van der Waals surface area contributed by atoms with E-state index in [4.69, 9.17) is 9.47 Å². The molecule has 0 unspecified atom stereocenters. The van der Waals surface area contributed by atoms with Crippen LogP contribution in [0.15, 0.2) is 30.4 Å². The average Bonchev–Trinajstić information content (AvgIpc) is 2.36. The van der Waals surface area contributed by atoms with E-state index in [1.807, 2.05) is 13.0 Å². The summed E-state index contributed by atoms with van der Waals surface area (Å²) in [4.78, 5) is 0. The topological polar surface area (TPSA) is 30.5 Å². The zero-order valence-electron chi connectivity index (χ0n) is 12.3. The number of rotatable bonds is 9. The van der Waals surface area contributed by atoms with Crippen molar-refractivity contribution in [2.24, 2.45) is 0 Å². The van der Waals surface area contributed by atoms with Crippen LogP contribution in [0.25, 0.3) is 0 Å². The molecule has 1 N–H and O–H groups in total. The Bertz CT molecular complexity index is 402. The smallest absolute Gasteiger partial charge is 0.123 e. The first-order chi connectivity index (χ1) is 9.13. The predicted octanol–water partition coefficient (Wildman–Crippen LogP) is 3.08. The molecule has 0 heterocycles. The van der Waals surface area contributed by atoms with E-state index < -0.39 is 0 Å². The molecular formula is C16H25NO2. The van der Waals surface area contributed by atoms with Crippen LogP contribution in [0.4, 0.5) is 0 Å². The summed E-state index contributed by atoms with van der Waals surface area (Å²) < 4.78 is 10.8. The molecule has 1 aromatic rings. The lowest BCUT2D eigenvalue weighted by Crippen LogP contribution is -2.19. The number of methoxy groups -OCH3 is 1. The lowest BCUT2D eigenvalue weighted by Gasteiger charge is -2.13. The maximum atomic E-state index is 5.83. The van der Waals surface area contributed by atoms with E-state index >= 15 is 0 Å². The van der Waals surface area contributed by atoms with Crippen LogP contribution < -0.4 is 10.1 Å². The Morgan fingerprint density at radius 1 is 1.32 bits per heavy atom. The molecule has 0 saturated carbocycles. The number of aryl methyl sites for hydroxylation is 1. The normalized spacial score (nSPS) is 10.5. The number of hydrogen-bond acceptors (Lipinski definition) is 3. The van der Waals surface area contributed by atoms with Crippen molar-refractivity contribution in [2.75, 3.05) is 26.9 Å². The van der Waals surface area contributed by atoms with Crippen molar-refractivity contribution < 1.29 is 9.47 Å². The van der Waals surface area contributed by atoms with Gasteiger partial charge in [-0.3, -0.25) is 0 Å². The minimum atomic E-state index is 0.684. The van der Waals surface area contributed by atoms with E-state index in [0.29, 0.717) is 6.61 Å². The Balaban J connectivity index is 2.55. The summed E-state index contributed by atoms with van der Waals surface area (Å²) in [7, 11) is 1.71. The van der Waals surface area contributed by atoms with Gasteiger partial charge in [-0.2, -0.15) is 0 Å². The third kappa shape index (κ3) is 6.41. The fraction of sp³-hybridized carbons (Fsp3) is 0.500. The molecular weight excluding hydrogens is 238 g/mol. The molecule has 1 rings (SSSR count). The van der Waals surface area contributed by atoms with E-state index in [1.165, 1.54) is 11.1 Å². The van der Waals surface area contributed by atoms with Gasteiger partial charge >= 0.3 is 0 Å². The van der Waals surface area contributed by atoms with Crippen molar-refractivity contribution in [1.29, 1.82) is 0 Å². The molecule has 0 aliphatic carbocycles. The van der Waals surface area contributed by atoms with Gasteiger partial charge in [0.1, 0.15) is 5.75 Å². The zero-order valence-corrected chi connectivity index (χ0v) is 12.3. The summed E-state index contributed by atoms with van der Waals surface area (Å²) in [5.74, 6) is 0.955. The second-order valence-electron chi connectivity index (χ2n) is 4.84. The van der Waals surface area contributed by atoms with Crippen LogP contribution >= 0.6 is 0 Å². The van der Waals surface area contributed by atoms with Crippen LogP contribution in [-0.4, -0.2) is 26.9 Å². The minimum Gasteiger partial charge on any atom is -0.493 e. The van der Waals surface area contributed by atoms with E-state index in [0.717, 1.165) is 37.4 Å². The summed E-state index contributed by atoms with van der Waals surface area (Å²) in [6, 6.07) is 6.28. The lowest BCUT2D eigenvalue weighted by atomic mass is 10.1. The van der Waals surface area contributed by atoms with Gasteiger partial charge in [0.05, 0.1) is 13.2 Å². The summed E-state index contributed by atoms with van der Waals surface area (Å²) in [6.45, 7) is 11.0. The summed E-state index contributed by atoms with van der Waals surface area (Å²) in [5, 5.41) is 3.35. The van der Waals surface area contributed by atoms with Crippen molar-refractivity contribution in [2.45, 2.75) is 26.8 Å². The maximum absolute atomic E-state index is 5.83. The molecule has 19 heavy (non-hydrogen) atoms. The highest BCUT2D eigenvalue weighted by Gasteiger charge is 2.04. The van der Waals surface area contributed by atoms with Gasteiger partial charge in [0.15, 0.2) is 0 Å². The lowest BCUT2D eigenvalue weighted by molar-refractivity contribution is 0.199. The monoisotopic (exact) mass is 263 g/mol. The Hall–Kier alpha value is -1.32. The molecule has 0 aliphatic heterocycles. The molecule has 0 radical (unpaired) electrons. The zero-order chi connectivity index (χ0) is 14.1. The van der Waals surface area contributed by atoms with Gasteiger partial charge in [-0.05, 0) is 19.9 Å². The van der Waals surface area contributed by atoms with Gasteiger partial charge in [0.2, 0.25) is 0 Å². The van der Waals surface area contributed by atoms with E-state index in [-0.39, 0.29) is 0 Å². The quantitative estimate of drug-likeness (QED) is 0.548. The number of nitrogens with one attached hydrogen (secondary N) is 1. The van der Waals surface area contributed by atoms with Crippen LogP contribution in [-0.2, 0) is 11.3 Å². The first-order valence-corrected chi connectivity index (χ1v) is 6.70. The first kappa shape index (κ1) is 15.7. The highest BCUT2D eigenvalue weighted by Crippen LogP contribution is 2.20. The summed E-state index contributed by atoms with van der Waals surface area (Å²) >= 11 is 0. The van der Waals surface area contributed by atoms with Gasteiger partial charge in [-0.15, -0.1) is 6.58 Å². The van der Waals surface area contributed by atoms with Crippen LogP contribution in [0.1, 0.15) is 24.5 Å². The van der Waals surface area contributed by atoms with E-state index in [2.05, 4.69) is 31.0 Å². The second-order valence-corrected chi connectivity index (χ2v) is 4.84. The molecule has 0 fully saturated rings. The van der Waals surface area contributed by atoms with Gasteiger partial charge in [-0.25, -0.2) is 0 Å². The highest BCUT2D eigenvalue weighted by molar-refractivity contribution is 5.36. The van der Waals surface area contributed by atoms with Crippen LogP contribution in [0, 0.1) is 6.92 Å².